The highest BCUT2D eigenvalue weighted by atomic mass is 16.5. The second kappa shape index (κ2) is 5.09. The lowest BCUT2D eigenvalue weighted by molar-refractivity contribution is 0.481. The third kappa shape index (κ3) is 2.30. The number of rotatable bonds is 3. The van der Waals surface area contributed by atoms with E-state index in [2.05, 4.69) is 18.2 Å². The number of allylic oxidation sites excluding steroid dienone is 2. The molecule has 1 radical (unpaired) electrons. The molecule has 1 aliphatic carbocycles. The molecule has 1 nitrogen and oxygen atoms in total. The Balaban J connectivity index is 1.92. The molecular formula is C17H15O. The Morgan fingerprint density at radius 3 is 2.44 bits per heavy atom. The molecule has 0 aromatic heterocycles. The van der Waals surface area contributed by atoms with Gasteiger partial charge in [0.2, 0.25) is 0 Å². The summed E-state index contributed by atoms with van der Waals surface area (Å²) >= 11 is 0. The normalized spacial score (nSPS) is 14.3. The van der Waals surface area contributed by atoms with Crippen LogP contribution in [0.5, 0.6) is 11.5 Å². The van der Waals surface area contributed by atoms with Crippen LogP contribution in [0.1, 0.15) is 24.8 Å². The van der Waals surface area contributed by atoms with E-state index in [1.165, 1.54) is 17.6 Å². The first kappa shape index (κ1) is 11.1. The maximum atomic E-state index is 5.96. The quantitative estimate of drug-likeness (QED) is 0.739. The van der Waals surface area contributed by atoms with Crippen molar-refractivity contribution >= 4 is 5.57 Å². The van der Waals surface area contributed by atoms with E-state index >= 15 is 0 Å². The molecule has 3 rings (SSSR count). The second-order valence-corrected chi connectivity index (χ2v) is 4.42. The minimum Gasteiger partial charge on any atom is -0.457 e. The lowest BCUT2D eigenvalue weighted by Crippen LogP contribution is -1.90. The zero-order chi connectivity index (χ0) is 12.2. The van der Waals surface area contributed by atoms with Gasteiger partial charge in [-0.25, -0.2) is 0 Å². The Morgan fingerprint density at radius 2 is 1.67 bits per heavy atom. The Bertz CT molecular complexity index is 555. The zero-order valence-corrected chi connectivity index (χ0v) is 10.2. The Kier molecular flexibility index (Phi) is 3.14. The van der Waals surface area contributed by atoms with Crippen LogP contribution in [0.4, 0.5) is 0 Å². The summed E-state index contributed by atoms with van der Waals surface area (Å²) in [5.74, 6) is 1.80. The Labute approximate surface area is 108 Å². The van der Waals surface area contributed by atoms with Crippen molar-refractivity contribution in [1.29, 1.82) is 0 Å². The van der Waals surface area contributed by atoms with Gasteiger partial charge in [-0.05, 0) is 49.1 Å². The van der Waals surface area contributed by atoms with E-state index in [0.29, 0.717) is 0 Å². The van der Waals surface area contributed by atoms with Gasteiger partial charge < -0.3 is 4.74 Å². The molecule has 89 valence electrons. The number of hydrogen-bond donors (Lipinski definition) is 0. The molecule has 2 aromatic rings. The van der Waals surface area contributed by atoms with Crippen LogP contribution < -0.4 is 4.74 Å². The third-order valence-electron chi connectivity index (χ3n) is 3.13. The van der Waals surface area contributed by atoms with Crippen LogP contribution in [0.3, 0.4) is 0 Å². The van der Waals surface area contributed by atoms with Gasteiger partial charge in [0.05, 0.1) is 0 Å². The van der Waals surface area contributed by atoms with Crippen molar-refractivity contribution in [2.45, 2.75) is 19.3 Å². The van der Waals surface area contributed by atoms with Crippen LogP contribution in [-0.4, -0.2) is 0 Å². The average molecular weight is 235 g/mol. The lowest BCUT2D eigenvalue weighted by atomic mass is 10.0. The lowest BCUT2D eigenvalue weighted by Gasteiger charge is -2.11. The number of hydrogen-bond acceptors (Lipinski definition) is 1. The van der Waals surface area contributed by atoms with Crippen molar-refractivity contribution < 1.29 is 4.74 Å². The molecule has 0 N–H and O–H groups in total. The third-order valence-corrected chi connectivity index (χ3v) is 3.13. The van der Waals surface area contributed by atoms with E-state index in [4.69, 9.17) is 4.74 Å². The predicted molar refractivity (Wildman–Crippen MR) is 73.5 cm³/mol. The van der Waals surface area contributed by atoms with Gasteiger partial charge in [0, 0.05) is 5.56 Å². The van der Waals surface area contributed by atoms with E-state index in [1.807, 2.05) is 42.5 Å². The summed E-state index contributed by atoms with van der Waals surface area (Å²) in [6.07, 6.45) is 6.81. The first-order chi connectivity index (χ1) is 8.93. The van der Waals surface area contributed by atoms with Crippen molar-refractivity contribution in [1.82, 2.24) is 0 Å². The fraction of sp³-hybridized carbons (Fsp3) is 0.176. The molecule has 0 atom stereocenters. The molecule has 0 amide bonds. The molecule has 0 saturated heterocycles. The molecule has 18 heavy (non-hydrogen) atoms. The Hall–Kier alpha value is -2.02. The highest BCUT2D eigenvalue weighted by molar-refractivity contribution is 5.70. The number of para-hydroxylation sites is 2. The molecule has 0 unspecified atom stereocenters. The molecule has 0 spiro atoms. The smallest absolute Gasteiger partial charge is 0.134 e. The molecular weight excluding hydrogens is 220 g/mol. The molecule has 0 fully saturated rings. The molecule has 0 aliphatic heterocycles. The molecule has 1 heteroatoms. The van der Waals surface area contributed by atoms with Crippen molar-refractivity contribution in [3.63, 3.8) is 0 Å². The summed E-state index contributed by atoms with van der Waals surface area (Å²) in [5, 5.41) is 0. The van der Waals surface area contributed by atoms with Crippen molar-refractivity contribution in [2.24, 2.45) is 0 Å². The van der Waals surface area contributed by atoms with Crippen LogP contribution in [0.15, 0.2) is 54.6 Å². The predicted octanol–water partition coefficient (Wildman–Crippen LogP) is 4.85. The molecule has 0 bridgehead atoms. The summed E-state index contributed by atoms with van der Waals surface area (Å²) in [6.45, 7) is 0. The second-order valence-electron chi connectivity index (χ2n) is 4.42. The van der Waals surface area contributed by atoms with Gasteiger partial charge in [-0.15, -0.1) is 0 Å². The Morgan fingerprint density at radius 1 is 0.889 bits per heavy atom. The molecule has 2 aromatic carbocycles. The van der Waals surface area contributed by atoms with Crippen LogP contribution in [-0.2, 0) is 0 Å². The summed E-state index contributed by atoms with van der Waals surface area (Å²) in [5.41, 5.74) is 2.47. The monoisotopic (exact) mass is 235 g/mol. The summed E-state index contributed by atoms with van der Waals surface area (Å²) < 4.78 is 5.96. The van der Waals surface area contributed by atoms with E-state index in [-0.39, 0.29) is 0 Å². The maximum Gasteiger partial charge on any atom is 0.134 e. The first-order valence-electron chi connectivity index (χ1n) is 6.35. The van der Waals surface area contributed by atoms with Gasteiger partial charge in [-0.2, -0.15) is 0 Å². The van der Waals surface area contributed by atoms with Gasteiger partial charge in [0.25, 0.3) is 0 Å². The van der Waals surface area contributed by atoms with E-state index in [9.17, 15) is 0 Å². The topological polar surface area (TPSA) is 9.23 Å². The first-order valence-corrected chi connectivity index (χ1v) is 6.35. The summed E-state index contributed by atoms with van der Waals surface area (Å²) in [6, 6.07) is 18.1. The minimum absolute atomic E-state index is 0.878. The maximum absolute atomic E-state index is 5.96. The van der Waals surface area contributed by atoms with Crippen LogP contribution in [0, 0.1) is 6.08 Å². The van der Waals surface area contributed by atoms with E-state index in [1.54, 1.807) is 0 Å². The van der Waals surface area contributed by atoms with Gasteiger partial charge in [0.15, 0.2) is 0 Å². The number of ether oxygens (including phenoxy) is 1. The minimum atomic E-state index is 0.878. The van der Waals surface area contributed by atoms with Crippen molar-refractivity contribution in [2.75, 3.05) is 0 Å². The van der Waals surface area contributed by atoms with Crippen LogP contribution in [0.25, 0.3) is 5.57 Å². The zero-order valence-electron chi connectivity index (χ0n) is 10.2. The van der Waals surface area contributed by atoms with Crippen molar-refractivity contribution in [3.05, 3.63) is 66.2 Å². The van der Waals surface area contributed by atoms with E-state index in [0.717, 1.165) is 24.3 Å². The number of benzene rings is 2. The van der Waals surface area contributed by atoms with Crippen LogP contribution in [0.2, 0.25) is 0 Å². The van der Waals surface area contributed by atoms with Crippen LogP contribution >= 0.6 is 0 Å². The summed E-state index contributed by atoms with van der Waals surface area (Å²) in [7, 11) is 0. The van der Waals surface area contributed by atoms with Gasteiger partial charge >= 0.3 is 0 Å². The molecule has 0 saturated carbocycles. The summed E-state index contributed by atoms with van der Waals surface area (Å²) in [4.78, 5) is 0. The fourth-order valence-corrected chi connectivity index (χ4v) is 2.24. The van der Waals surface area contributed by atoms with Gasteiger partial charge in [-0.3, -0.25) is 0 Å². The standard InChI is InChI=1S/C17H15O/c1-2-10-15(11-3-1)18-17-13-7-6-12-16(17)14-8-4-5-9-14/h1-3,6-7,10-13H,4-5,8H2. The highest BCUT2D eigenvalue weighted by Crippen LogP contribution is 2.35. The molecule has 1 aliphatic rings. The fourth-order valence-electron chi connectivity index (χ4n) is 2.24. The van der Waals surface area contributed by atoms with Gasteiger partial charge in [0.1, 0.15) is 11.5 Å². The molecule has 0 heterocycles. The van der Waals surface area contributed by atoms with E-state index < -0.39 is 0 Å². The largest absolute Gasteiger partial charge is 0.457 e. The average Bonchev–Trinajstić information content (AvgIpc) is 2.94. The highest BCUT2D eigenvalue weighted by Gasteiger charge is 2.12. The SMILES string of the molecule is [C]1=C(c2ccccc2Oc2ccccc2)CCC1. The van der Waals surface area contributed by atoms with Gasteiger partial charge in [-0.1, -0.05) is 36.4 Å². The van der Waals surface area contributed by atoms with Crippen molar-refractivity contribution in [3.8, 4) is 11.5 Å².